The summed E-state index contributed by atoms with van der Waals surface area (Å²) in [6.07, 6.45) is 9.38. The molecule has 2 aliphatic rings. The van der Waals surface area contributed by atoms with Crippen molar-refractivity contribution in [2.75, 3.05) is 45.9 Å². The number of likely N-dealkylation sites (tertiary alicyclic amines) is 1. The van der Waals surface area contributed by atoms with E-state index in [1.54, 1.807) is 0 Å². The molecule has 1 saturated heterocycles. The van der Waals surface area contributed by atoms with Crippen LogP contribution in [0.2, 0.25) is 0 Å². The molecular formula is C19H36N4O. The van der Waals surface area contributed by atoms with Crippen LogP contribution in [-0.4, -0.2) is 62.8 Å². The Bertz CT molecular complexity index is 400. The second-order valence-corrected chi connectivity index (χ2v) is 6.81. The van der Waals surface area contributed by atoms with Crippen LogP contribution in [0.4, 0.5) is 0 Å². The summed E-state index contributed by atoms with van der Waals surface area (Å²) in [6, 6.07) is 0.558. The monoisotopic (exact) mass is 336 g/mol. The Morgan fingerprint density at radius 3 is 2.83 bits per heavy atom. The standard InChI is InChI=1S/C19H36N4O/c1-3-5-12-23-13-7-18(8-14-23)22-19(20-4-2)21-11-6-17-9-15-24-16-10-17/h9,18H,3-8,10-16H2,1-2H3,(H2,20,21,22). The minimum atomic E-state index is 0.558. The molecule has 0 amide bonds. The van der Waals surface area contributed by atoms with Gasteiger partial charge in [-0.15, -0.1) is 0 Å². The van der Waals surface area contributed by atoms with Crippen LogP contribution < -0.4 is 10.6 Å². The molecule has 5 nitrogen and oxygen atoms in total. The van der Waals surface area contributed by atoms with Crippen molar-refractivity contribution < 1.29 is 4.74 Å². The minimum absolute atomic E-state index is 0.558. The number of aliphatic imine (C=N–C) groups is 1. The molecule has 2 N–H and O–H groups in total. The summed E-state index contributed by atoms with van der Waals surface area (Å²) >= 11 is 0. The number of nitrogens with one attached hydrogen (secondary N) is 2. The van der Waals surface area contributed by atoms with Crippen LogP contribution in [0, 0.1) is 0 Å². The van der Waals surface area contributed by atoms with Crippen molar-refractivity contribution in [3.63, 3.8) is 0 Å². The van der Waals surface area contributed by atoms with Crippen LogP contribution in [0.5, 0.6) is 0 Å². The fourth-order valence-corrected chi connectivity index (χ4v) is 3.30. The molecule has 0 aromatic carbocycles. The van der Waals surface area contributed by atoms with Crippen LogP contribution in [0.3, 0.4) is 0 Å². The maximum Gasteiger partial charge on any atom is 0.191 e. The highest BCUT2D eigenvalue weighted by molar-refractivity contribution is 5.80. The SMILES string of the molecule is CCCCN1CCC(NC(=NCCC2=CCOCC2)NCC)CC1. The average molecular weight is 337 g/mol. The Morgan fingerprint density at radius 2 is 2.17 bits per heavy atom. The van der Waals surface area contributed by atoms with Gasteiger partial charge in [0.2, 0.25) is 0 Å². The van der Waals surface area contributed by atoms with E-state index in [9.17, 15) is 0 Å². The summed E-state index contributed by atoms with van der Waals surface area (Å²) in [5.74, 6) is 0.983. The molecule has 2 heterocycles. The van der Waals surface area contributed by atoms with Crippen molar-refractivity contribution in [3.8, 4) is 0 Å². The first-order chi connectivity index (χ1) is 11.8. The van der Waals surface area contributed by atoms with E-state index in [4.69, 9.17) is 9.73 Å². The van der Waals surface area contributed by atoms with Gasteiger partial charge in [-0.1, -0.05) is 25.0 Å². The summed E-state index contributed by atoms with van der Waals surface area (Å²) in [5, 5.41) is 7.03. The Balaban J connectivity index is 1.72. The highest BCUT2D eigenvalue weighted by Crippen LogP contribution is 2.12. The van der Waals surface area contributed by atoms with Crippen molar-refractivity contribution in [3.05, 3.63) is 11.6 Å². The summed E-state index contributed by atoms with van der Waals surface area (Å²) in [5.41, 5.74) is 1.49. The number of unbranched alkanes of at least 4 members (excludes halogenated alkanes) is 1. The number of hydrogen-bond donors (Lipinski definition) is 2. The molecule has 0 aliphatic carbocycles. The lowest BCUT2D eigenvalue weighted by molar-refractivity contribution is 0.153. The number of nitrogens with zero attached hydrogens (tertiary/aromatic N) is 2. The lowest BCUT2D eigenvalue weighted by atomic mass is 10.0. The number of guanidine groups is 1. The highest BCUT2D eigenvalue weighted by Gasteiger charge is 2.19. The molecule has 138 valence electrons. The molecule has 0 spiro atoms. The molecule has 0 saturated carbocycles. The molecule has 0 radical (unpaired) electrons. The molecule has 2 rings (SSSR count). The van der Waals surface area contributed by atoms with E-state index in [-0.39, 0.29) is 0 Å². The predicted octanol–water partition coefficient (Wildman–Crippen LogP) is 2.54. The van der Waals surface area contributed by atoms with Gasteiger partial charge >= 0.3 is 0 Å². The van der Waals surface area contributed by atoms with Crippen LogP contribution >= 0.6 is 0 Å². The van der Waals surface area contributed by atoms with Gasteiger partial charge in [0, 0.05) is 32.2 Å². The summed E-state index contributed by atoms with van der Waals surface area (Å²) in [7, 11) is 0. The quantitative estimate of drug-likeness (QED) is 0.406. The van der Waals surface area contributed by atoms with Crippen molar-refractivity contribution >= 4 is 5.96 Å². The van der Waals surface area contributed by atoms with Crippen LogP contribution in [0.15, 0.2) is 16.6 Å². The molecular weight excluding hydrogens is 300 g/mol. The second kappa shape index (κ2) is 11.5. The lowest BCUT2D eigenvalue weighted by Gasteiger charge is -2.33. The predicted molar refractivity (Wildman–Crippen MR) is 102 cm³/mol. The van der Waals surface area contributed by atoms with Crippen LogP contribution in [0.1, 0.15) is 52.4 Å². The molecule has 0 atom stereocenters. The normalized spacial score (nSPS) is 20.8. The zero-order valence-corrected chi connectivity index (χ0v) is 15.6. The fourth-order valence-electron chi connectivity index (χ4n) is 3.30. The van der Waals surface area contributed by atoms with Gasteiger partial charge in [0.05, 0.1) is 13.2 Å². The van der Waals surface area contributed by atoms with E-state index < -0.39 is 0 Å². The van der Waals surface area contributed by atoms with E-state index in [1.165, 1.54) is 50.9 Å². The Labute approximate surface area is 147 Å². The molecule has 1 fully saturated rings. The first-order valence-corrected chi connectivity index (χ1v) is 9.84. The van der Waals surface area contributed by atoms with Gasteiger partial charge in [-0.25, -0.2) is 0 Å². The van der Waals surface area contributed by atoms with E-state index in [1.807, 2.05) is 0 Å². The molecule has 2 aliphatic heterocycles. The lowest BCUT2D eigenvalue weighted by Crippen LogP contribution is -2.48. The van der Waals surface area contributed by atoms with Gasteiger partial charge in [0.25, 0.3) is 0 Å². The summed E-state index contributed by atoms with van der Waals surface area (Å²) in [6.45, 7) is 11.5. The third kappa shape index (κ3) is 7.22. The summed E-state index contributed by atoms with van der Waals surface area (Å²) < 4.78 is 5.36. The van der Waals surface area contributed by atoms with Crippen LogP contribution in [-0.2, 0) is 4.74 Å². The minimum Gasteiger partial charge on any atom is -0.377 e. The zero-order chi connectivity index (χ0) is 17.0. The van der Waals surface area contributed by atoms with E-state index in [2.05, 4.69) is 35.5 Å². The van der Waals surface area contributed by atoms with Crippen molar-refractivity contribution in [2.45, 2.75) is 58.4 Å². The zero-order valence-electron chi connectivity index (χ0n) is 15.6. The van der Waals surface area contributed by atoms with Gasteiger partial charge in [0.15, 0.2) is 5.96 Å². The molecule has 0 aromatic rings. The van der Waals surface area contributed by atoms with E-state index >= 15 is 0 Å². The maximum absolute atomic E-state index is 5.36. The van der Waals surface area contributed by atoms with Gasteiger partial charge in [-0.05, 0) is 45.6 Å². The third-order valence-corrected chi connectivity index (χ3v) is 4.86. The van der Waals surface area contributed by atoms with Gasteiger partial charge in [-0.3, -0.25) is 4.99 Å². The van der Waals surface area contributed by atoms with Gasteiger partial charge in [-0.2, -0.15) is 0 Å². The molecule has 0 bridgehead atoms. The molecule has 0 aromatic heterocycles. The van der Waals surface area contributed by atoms with E-state index in [0.717, 1.165) is 45.1 Å². The van der Waals surface area contributed by atoms with Gasteiger partial charge < -0.3 is 20.3 Å². The topological polar surface area (TPSA) is 48.9 Å². The highest BCUT2D eigenvalue weighted by atomic mass is 16.5. The fraction of sp³-hybridized carbons (Fsp3) is 0.842. The summed E-state index contributed by atoms with van der Waals surface area (Å²) in [4.78, 5) is 7.37. The Morgan fingerprint density at radius 1 is 1.33 bits per heavy atom. The number of hydrogen-bond acceptors (Lipinski definition) is 3. The first-order valence-electron chi connectivity index (χ1n) is 9.84. The number of ether oxygens (including phenoxy) is 1. The van der Waals surface area contributed by atoms with Crippen molar-refractivity contribution in [1.82, 2.24) is 15.5 Å². The average Bonchev–Trinajstić information content (AvgIpc) is 2.62. The number of rotatable bonds is 8. The second-order valence-electron chi connectivity index (χ2n) is 6.81. The Kier molecular flexibility index (Phi) is 9.21. The van der Waals surface area contributed by atoms with Crippen LogP contribution in [0.25, 0.3) is 0 Å². The molecule has 24 heavy (non-hydrogen) atoms. The molecule has 5 heteroatoms. The first kappa shape index (κ1) is 19.3. The largest absolute Gasteiger partial charge is 0.377 e. The Hall–Kier alpha value is -1.07. The van der Waals surface area contributed by atoms with Crippen molar-refractivity contribution in [2.24, 2.45) is 4.99 Å². The van der Waals surface area contributed by atoms with Crippen molar-refractivity contribution in [1.29, 1.82) is 0 Å². The third-order valence-electron chi connectivity index (χ3n) is 4.86. The molecule has 0 unspecified atom stereocenters. The smallest absolute Gasteiger partial charge is 0.191 e. The van der Waals surface area contributed by atoms with E-state index in [0.29, 0.717) is 6.04 Å². The van der Waals surface area contributed by atoms with Gasteiger partial charge in [0.1, 0.15) is 0 Å². The maximum atomic E-state index is 5.36. The number of piperidine rings is 1.